The highest BCUT2D eigenvalue weighted by atomic mass is 16.3. The number of aliphatic hydroxyl groups is 1. The summed E-state index contributed by atoms with van der Waals surface area (Å²) in [5.74, 6) is 0.639. The fraction of sp³-hybridized carbons (Fsp3) is 0.500. The average Bonchev–Trinajstić information content (AvgIpc) is 2.16. The summed E-state index contributed by atoms with van der Waals surface area (Å²) in [5, 5.41) is 9.56. The summed E-state index contributed by atoms with van der Waals surface area (Å²) in [6.45, 7) is 4.66. The normalized spacial score (nSPS) is 13.2. The summed E-state index contributed by atoms with van der Waals surface area (Å²) in [6.07, 6.45) is 0.521. The van der Waals surface area contributed by atoms with E-state index in [1.165, 1.54) is 5.56 Å². The fourth-order valence-corrected chi connectivity index (χ4v) is 1.53. The van der Waals surface area contributed by atoms with Crippen LogP contribution in [0, 0.1) is 5.92 Å². The predicted molar refractivity (Wildman–Crippen MR) is 59.0 cm³/mol. The largest absolute Gasteiger partial charge is 0.387 e. The molecule has 1 rings (SSSR count). The van der Waals surface area contributed by atoms with Crippen molar-refractivity contribution < 1.29 is 5.11 Å². The molecule has 0 aliphatic carbocycles. The molecule has 0 aromatic heterocycles. The SMILES string of the molecule is CC(C)Cc1cccc(C(O)CN)c1. The number of benzene rings is 1. The van der Waals surface area contributed by atoms with E-state index in [-0.39, 0.29) is 6.54 Å². The molecule has 3 N–H and O–H groups in total. The standard InChI is InChI=1S/C12H19NO/c1-9(2)6-10-4-3-5-11(7-10)12(14)8-13/h3-5,7,9,12,14H,6,8,13H2,1-2H3. The van der Waals surface area contributed by atoms with E-state index in [0.717, 1.165) is 12.0 Å². The lowest BCUT2D eigenvalue weighted by Crippen LogP contribution is -2.11. The lowest BCUT2D eigenvalue weighted by molar-refractivity contribution is 0.186. The van der Waals surface area contributed by atoms with Crippen LogP contribution in [-0.2, 0) is 6.42 Å². The quantitative estimate of drug-likeness (QED) is 0.767. The smallest absolute Gasteiger partial charge is 0.0912 e. The van der Waals surface area contributed by atoms with Gasteiger partial charge in [0, 0.05) is 6.54 Å². The molecule has 0 amide bonds. The van der Waals surface area contributed by atoms with Crippen molar-refractivity contribution in [1.29, 1.82) is 0 Å². The van der Waals surface area contributed by atoms with Gasteiger partial charge in [0.1, 0.15) is 0 Å². The Morgan fingerprint density at radius 3 is 2.64 bits per heavy atom. The molecule has 0 radical (unpaired) electrons. The molecule has 78 valence electrons. The molecule has 2 nitrogen and oxygen atoms in total. The van der Waals surface area contributed by atoms with Gasteiger partial charge in [0.15, 0.2) is 0 Å². The van der Waals surface area contributed by atoms with Gasteiger partial charge < -0.3 is 10.8 Å². The van der Waals surface area contributed by atoms with Crippen molar-refractivity contribution >= 4 is 0 Å². The Bertz CT molecular complexity index is 283. The van der Waals surface area contributed by atoms with Gasteiger partial charge in [-0.05, 0) is 23.5 Å². The number of aliphatic hydroxyl groups excluding tert-OH is 1. The first kappa shape index (κ1) is 11.2. The van der Waals surface area contributed by atoms with Crippen LogP contribution in [0.4, 0.5) is 0 Å². The molecule has 1 aromatic rings. The van der Waals surface area contributed by atoms with E-state index in [0.29, 0.717) is 5.92 Å². The van der Waals surface area contributed by atoms with Crippen LogP contribution in [0.2, 0.25) is 0 Å². The highest BCUT2D eigenvalue weighted by molar-refractivity contribution is 5.25. The van der Waals surface area contributed by atoms with Gasteiger partial charge in [0.25, 0.3) is 0 Å². The van der Waals surface area contributed by atoms with Crippen LogP contribution >= 0.6 is 0 Å². The molecule has 2 heteroatoms. The summed E-state index contributed by atoms with van der Waals surface area (Å²) >= 11 is 0. The van der Waals surface area contributed by atoms with Crippen molar-refractivity contribution in [2.45, 2.75) is 26.4 Å². The van der Waals surface area contributed by atoms with Crippen molar-refractivity contribution in [2.75, 3.05) is 6.54 Å². The molecule has 1 unspecified atom stereocenters. The molecule has 0 aliphatic rings. The minimum Gasteiger partial charge on any atom is -0.387 e. The van der Waals surface area contributed by atoms with E-state index < -0.39 is 6.10 Å². The van der Waals surface area contributed by atoms with E-state index in [2.05, 4.69) is 19.9 Å². The summed E-state index contributed by atoms with van der Waals surface area (Å²) in [5.41, 5.74) is 7.60. The molecule has 0 fully saturated rings. The van der Waals surface area contributed by atoms with Crippen molar-refractivity contribution in [2.24, 2.45) is 11.7 Å². The van der Waals surface area contributed by atoms with Crippen LogP contribution in [0.1, 0.15) is 31.1 Å². The molecule has 1 atom stereocenters. The summed E-state index contributed by atoms with van der Waals surface area (Å²) in [7, 11) is 0. The van der Waals surface area contributed by atoms with E-state index in [1.54, 1.807) is 0 Å². The van der Waals surface area contributed by atoms with Crippen LogP contribution < -0.4 is 5.73 Å². The van der Waals surface area contributed by atoms with E-state index >= 15 is 0 Å². The first-order valence-corrected chi connectivity index (χ1v) is 5.10. The second kappa shape index (κ2) is 5.13. The molecule has 0 spiro atoms. The van der Waals surface area contributed by atoms with Gasteiger partial charge in [-0.3, -0.25) is 0 Å². The second-order valence-electron chi connectivity index (χ2n) is 4.09. The lowest BCUT2D eigenvalue weighted by atomic mass is 9.99. The molecule has 0 saturated carbocycles. The third-order valence-corrected chi connectivity index (χ3v) is 2.20. The second-order valence-corrected chi connectivity index (χ2v) is 4.09. The zero-order valence-corrected chi connectivity index (χ0v) is 8.90. The maximum Gasteiger partial charge on any atom is 0.0912 e. The molecule has 0 aliphatic heterocycles. The molecular weight excluding hydrogens is 174 g/mol. The Hall–Kier alpha value is -0.860. The molecule has 14 heavy (non-hydrogen) atoms. The van der Waals surface area contributed by atoms with E-state index in [1.807, 2.05) is 18.2 Å². The van der Waals surface area contributed by atoms with Crippen molar-refractivity contribution in [1.82, 2.24) is 0 Å². The highest BCUT2D eigenvalue weighted by Gasteiger charge is 2.05. The summed E-state index contributed by atoms with van der Waals surface area (Å²) < 4.78 is 0. The van der Waals surface area contributed by atoms with Crippen LogP contribution in [0.25, 0.3) is 0 Å². The van der Waals surface area contributed by atoms with Gasteiger partial charge in [-0.15, -0.1) is 0 Å². The third kappa shape index (κ3) is 3.13. The fourth-order valence-electron chi connectivity index (χ4n) is 1.53. The molecule has 1 aromatic carbocycles. The van der Waals surface area contributed by atoms with Crippen LogP contribution in [0.5, 0.6) is 0 Å². The average molecular weight is 193 g/mol. The topological polar surface area (TPSA) is 46.2 Å². The van der Waals surface area contributed by atoms with Gasteiger partial charge >= 0.3 is 0 Å². The maximum absolute atomic E-state index is 9.56. The monoisotopic (exact) mass is 193 g/mol. The third-order valence-electron chi connectivity index (χ3n) is 2.20. The van der Waals surface area contributed by atoms with E-state index in [9.17, 15) is 5.11 Å². The van der Waals surface area contributed by atoms with Gasteiger partial charge in [-0.2, -0.15) is 0 Å². The molecular formula is C12H19NO. The Morgan fingerprint density at radius 2 is 2.07 bits per heavy atom. The number of rotatable bonds is 4. The summed E-state index contributed by atoms with van der Waals surface area (Å²) in [4.78, 5) is 0. The van der Waals surface area contributed by atoms with Crippen LogP contribution in [0.3, 0.4) is 0 Å². The number of hydrogen-bond acceptors (Lipinski definition) is 2. The predicted octanol–water partition coefficient (Wildman–Crippen LogP) is 1.88. The zero-order chi connectivity index (χ0) is 10.6. The molecule has 0 saturated heterocycles. The molecule has 0 bridgehead atoms. The molecule has 0 heterocycles. The first-order chi connectivity index (χ1) is 6.63. The number of hydrogen-bond donors (Lipinski definition) is 2. The van der Waals surface area contributed by atoms with Crippen molar-refractivity contribution in [3.8, 4) is 0 Å². The van der Waals surface area contributed by atoms with Crippen LogP contribution in [0.15, 0.2) is 24.3 Å². The Morgan fingerprint density at radius 1 is 1.36 bits per heavy atom. The minimum absolute atomic E-state index is 0.283. The van der Waals surface area contributed by atoms with Crippen LogP contribution in [-0.4, -0.2) is 11.7 Å². The van der Waals surface area contributed by atoms with Crippen molar-refractivity contribution in [3.05, 3.63) is 35.4 Å². The van der Waals surface area contributed by atoms with Gasteiger partial charge in [0.2, 0.25) is 0 Å². The van der Waals surface area contributed by atoms with Gasteiger partial charge in [-0.25, -0.2) is 0 Å². The Balaban J connectivity index is 2.78. The number of nitrogens with two attached hydrogens (primary N) is 1. The minimum atomic E-state index is -0.526. The summed E-state index contributed by atoms with van der Waals surface area (Å²) in [6, 6.07) is 8.03. The zero-order valence-electron chi connectivity index (χ0n) is 8.90. The van der Waals surface area contributed by atoms with E-state index in [4.69, 9.17) is 5.73 Å². The van der Waals surface area contributed by atoms with Crippen molar-refractivity contribution in [3.63, 3.8) is 0 Å². The first-order valence-electron chi connectivity index (χ1n) is 5.10. The Labute approximate surface area is 85.8 Å². The van der Waals surface area contributed by atoms with Gasteiger partial charge in [0.05, 0.1) is 6.10 Å². The maximum atomic E-state index is 9.56. The van der Waals surface area contributed by atoms with Gasteiger partial charge in [-0.1, -0.05) is 38.1 Å². The lowest BCUT2D eigenvalue weighted by Gasteiger charge is -2.11. The Kier molecular flexibility index (Phi) is 4.11. The highest BCUT2D eigenvalue weighted by Crippen LogP contribution is 2.15.